The molecule has 2 N–H and O–H groups in total. The molecule has 4 rings (SSSR count). The summed E-state index contributed by atoms with van der Waals surface area (Å²) in [5.74, 6) is -1.18. The van der Waals surface area contributed by atoms with Crippen molar-refractivity contribution in [2.24, 2.45) is 5.73 Å². The van der Waals surface area contributed by atoms with Gasteiger partial charge in [0, 0.05) is 25.4 Å². The molecule has 1 aromatic heterocycles. The second kappa shape index (κ2) is 8.65. The number of aromatic nitrogens is 1. The van der Waals surface area contributed by atoms with Crippen LogP contribution in [0.1, 0.15) is 15.9 Å². The van der Waals surface area contributed by atoms with Gasteiger partial charge in [-0.1, -0.05) is 36.4 Å². The van der Waals surface area contributed by atoms with E-state index in [4.69, 9.17) is 10.5 Å². The van der Waals surface area contributed by atoms with Crippen LogP contribution in [-0.4, -0.2) is 47.0 Å². The van der Waals surface area contributed by atoms with Crippen molar-refractivity contribution in [2.45, 2.75) is 12.0 Å². The lowest BCUT2D eigenvalue weighted by molar-refractivity contribution is -0.153. The van der Waals surface area contributed by atoms with Crippen LogP contribution in [0.25, 0.3) is 11.1 Å². The van der Waals surface area contributed by atoms with Gasteiger partial charge in [0.05, 0.1) is 18.7 Å². The summed E-state index contributed by atoms with van der Waals surface area (Å²) in [7, 11) is 0. The molecule has 2 amide bonds. The van der Waals surface area contributed by atoms with Gasteiger partial charge in [0.2, 0.25) is 0 Å². The predicted molar refractivity (Wildman–Crippen MR) is 114 cm³/mol. The topological polar surface area (TPSA) is 85.5 Å². The summed E-state index contributed by atoms with van der Waals surface area (Å²) >= 11 is 0. The van der Waals surface area contributed by atoms with Crippen molar-refractivity contribution in [2.75, 3.05) is 19.7 Å². The van der Waals surface area contributed by atoms with Crippen LogP contribution in [-0.2, 0) is 16.0 Å². The number of morpholine rings is 1. The van der Waals surface area contributed by atoms with Crippen molar-refractivity contribution in [3.63, 3.8) is 0 Å². The van der Waals surface area contributed by atoms with Gasteiger partial charge >= 0.3 is 0 Å². The van der Waals surface area contributed by atoms with E-state index in [0.29, 0.717) is 12.1 Å². The molecule has 0 unspecified atom stereocenters. The fraction of sp³-hybridized carbons (Fsp3) is 0.208. The van der Waals surface area contributed by atoms with Gasteiger partial charge in [-0.25, -0.2) is 4.39 Å². The van der Waals surface area contributed by atoms with Crippen LogP contribution in [0.5, 0.6) is 0 Å². The Kier molecular flexibility index (Phi) is 5.77. The normalized spacial score (nSPS) is 18.5. The molecule has 2 heterocycles. The Balaban J connectivity index is 1.60. The van der Waals surface area contributed by atoms with Crippen LogP contribution in [0.2, 0.25) is 0 Å². The third-order valence-electron chi connectivity index (χ3n) is 5.41. The SMILES string of the molecule is NC(=O)[C@@]1(Cc2cccc(-c3cccc(F)c3)c2)CN(C(=O)c2cccnc2)CCO1. The van der Waals surface area contributed by atoms with Crippen LogP contribution in [0.15, 0.2) is 73.1 Å². The zero-order valence-electron chi connectivity index (χ0n) is 16.8. The number of rotatable bonds is 5. The number of carbonyl (C=O) groups excluding carboxylic acids is 2. The molecule has 0 radical (unpaired) electrons. The van der Waals surface area contributed by atoms with E-state index in [1.807, 2.05) is 30.3 Å². The molecule has 1 aliphatic heterocycles. The number of pyridine rings is 1. The third-order valence-corrected chi connectivity index (χ3v) is 5.41. The van der Waals surface area contributed by atoms with Crippen molar-refractivity contribution < 1.29 is 18.7 Å². The Hall–Kier alpha value is -3.58. The number of amides is 2. The fourth-order valence-electron chi connectivity index (χ4n) is 3.83. The molecule has 158 valence electrons. The van der Waals surface area contributed by atoms with E-state index >= 15 is 0 Å². The highest BCUT2D eigenvalue weighted by atomic mass is 19.1. The molecule has 3 aromatic rings. The van der Waals surface area contributed by atoms with E-state index in [1.165, 1.54) is 18.3 Å². The number of halogens is 1. The summed E-state index contributed by atoms with van der Waals surface area (Å²) in [6, 6.07) is 17.1. The summed E-state index contributed by atoms with van der Waals surface area (Å²) < 4.78 is 19.5. The molecule has 1 aliphatic rings. The largest absolute Gasteiger partial charge is 0.367 e. The van der Waals surface area contributed by atoms with Crippen LogP contribution in [0, 0.1) is 5.82 Å². The van der Waals surface area contributed by atoms with E-state index in [1.54, 1.807) is 29.3 Å². The second-order valence-electron chi connectivity index (χ2n) is 7.56. The van der Waals surface area contributed by atoms with Crippen LogP contribution >= 0.6 is 0 Å². The van der Waals surface area contributed by atoms with Crippen LogP contribution in [0.3, 0.4) is 0 Å². The first-order chi connectivity index (χ1) is 15.0. The molecular formula is C24H22FN3O3. The maximum atomic E-state index is 13.6. The monoisotopic (exact) mass is 419 g/mol. The Bertz CT molecular complexity index is 1110. The highest BCUT2D eigenvalue weighted by molar-refractivity contribution is 5.95. The fourth-order valence-corrected chi connectivity index (χ4v) is 3.83. The van der Waals surface area contributed by atoms with E-state index in [-0.39, 0.29) is 31.3 Å². The molecule has 1 fully saturated rings. The Morgan fingerprint density at radius 3 is 2.58 bits per heavy atom. The summed E-state index contributed by atoms with van der Waals surface area (Å²) in [4.78, 5) is 30.9. The van der Waals surface area contributed by atoms with Crippen LogP contribution < -0.4 is 5.73 Å². The van der Waals surface area contributed by atoms with Gasteiger partial charge in [-0.3, -0.25) is 14.6 Å². The zero-order chi connectivity index (χ0) is 21.8. The van der Waals surface area contributed by atoms with Crippen molar-refractivity contribution >= 4 is 11.8 Å². The lowest BCUT2D eigenvalue weighted by Gasteiger charge is -2.40. The van der Waals surface area contributed by atoms with Gasteiger partial charge in [0.1, 0.15) is 5.82 Å². The smallest absolute Gasteiger partial charge is 0.255 e. The number of hydrogen-bond donors (Lipinski definition) is 1. The van der Waals surface area contributed by atoms with Gasteiger partial charge in [-0.2, -0.15) is 0 Å². The summed E-state index contributed by atoms with van der Waals surface area (Å²) in [5, 5.41) is 0. The molecule has 0 bridgehead atoms. The van der Waals surface area contributed by atoms with Crippen LogP contribution in [0.4, 0.5) is 4.39 Å². The van der Waals surface area contributed by atoms with Gasteiger partial charge in [0.25, 0.3) is 11.8 Å². The van der Waals surface area contributed by atoms with Gasteiger partial charge in [0.15, 0.2) is 5.60 Å². The number of benzene rings is 2. The summed E-state index contributed by atoms with van der Waals surface area (Å²) in [6.07, 6.45) is 3.28. The molecule has 7 heteroatoms. The lowest BCUT2D eigenvalue weighted by atomic mass is 9.90. The maximum Gasteiger partial charge on any atom is 0.255 e. The predicted octanol–water partition coefficient (Wildman–Crippen LogP) is 2.83. The minimum absolute atomic E-state index is 0.0419. The molecule has 31 heavy (non-hydrogen) atoms. The molecule has 0 spiro atoms. The standard InChI is InChI=1S/C24H22FN3O3/c25-21-8-2-6-19(13-21)18-5-1-4-17(12-18)14-24(23(26)30)16-28(10-11-31-24)22(29)20-7-3-9-27-15-20/h1-9,12-13,15H,10-11,14,16H2,(H2,26,30)/t24-/m1/s1. The Morgan fingerprint density at radius 2 is 1.87 bits per heavy atom. The van der Waals surface area contributed by atoms with E-state index < -0.39 is 11.5 Å². The zero-order valence-corrected chi connectivity index (χ0v) is 16.8. The number of carbonyl (C=O) groups is 2. The minimum Gasteiger partial charge on any atom is -0.367 e. The first-order valence-corrected chi connectivity index (χ1v) is 9.95. The number of hydrogen-bond acceptors (Lipinski definition) is 4. The molecular weight excluding hydrogens is 397 g/mol. The molecule has 0 aliphatic carbocycles. The Labute approximate surface area is 179 Å². The van der Waals surface area contributed by atoms with Crippen molar-refractivity contribution in [3.8, 4) is 11.1 Å². The first-order valence-electron chi connectivity index (χ1n) is 9.95. The first kappa shape index (κ1) is 20.7. The van der Waals surface area contributed by atoms with E-state index in [2.05, 4.69) is 4.98 Å². The average Bonchev–Trinajstić information content (AvgIpc) is 2.79. The molecule has 0 saturated carbocycles. The van der Waals surface area contributed by atoms with Gasteiger partial charge in [-0.15, -0.1) is 0 Å². The summed E-state index contributed by atoms with van der Waals surface area (Å²) in [5.41, 5.74) is 7.19. The highest BCUT2D eigenvalue weighted by Gasteiger charge is 2.44. The van der Waals surface area contributed by atoms with Gasteiger partial charge in [-0.05, 0) is 41.0 Å². The quantitative estimate of drug-likeness (QED) is 0.689. The Morgan fingerprint density at radius 1 is 1.10 bits per heavy atom. The van der Waals surface area contributed by atoms with Gasteiger partial charge < -0.3 is 15.4 Å². The number of nitrogens with zero attached hydrogens (tertiary/aromatic N) is 2. The highest BCUT2D eigenvalue weighted by Crippen LogP contribution is 2.27. The van der Waals surface area contributed by atoms with E-state index in [0.717, 1.165) is 16.7 Å². The minimum atomic E-state index is -1.35. The number of nitrogens with two attached hydrogens (primary N) is 1. The molecule has 1 saturated heterocycles. The molecule has 6 nitrogen and oxygen atoms in total. The maximum absolute atomic E-state index is 13.6. The lowest BCUT2D eigenvalue weighted by Crippen LogP contribution is -2.61. The number of ether oxygens (including phenoxy) is 1. The van der Waals surface area contributed by atoms with E-state index in [9.17, 15) is 14.0 Å². The van der Waals surface area contributed by atoms with Crippen molar-refractivity contribution in [1.29, 1.82) is 0 Å². The summed E-state index contributed by atoms with van der Waals surface area (Å²) in [6.45, 7) is 0.588. The third kappa shape index (κ3) is 4.46. The van der Waals surface area contributed by atoms with Crippen molar-refractivity contribution in [1.82, 2.24) is 9.88 Å². The molecule has 1 atom stereocenters. The molecule has 2 aromatic carbocycles. The second-order valence-corrected chi connectivity index (χ2v) is 7.56. The average molecular weight is 419 g/mol. The number of primary amides is 1. The van der Waals surface area contributed by atoms with Crippen molar-refractivity contribution in [3.05, 3.63) is 90.0 Å².